The van der Waals surface area contributed by atoms with Gasteiger partial charge in [0.05, 0.1) is 0 Å². The summed E-state index contributed by atoms with van der Waals surface area (Å²) in [5, 5.41) is 4.04. The van der Waals surface area contributed by atoms with Crippen molar-refractivity contribution in [1.29, 1.82) is 0 Å². The molecule has 0 unspecified atom stereocenters. The van der Waals surface area contributed by atoms with Crippen LogP contribution < -0.4 is 10.2 Å². The van der Waals surface area contributed by atoms with Gasteiger partial charge in [0.25, 0.3) is 11.8 Å². The summed E-state index contributed by atoms with van der Waals surface area (Å²) in [5.41, 5.74) is 6.26. The number of hydrogen-bond donors (Lipinski definition) is 1. The number of carbonyl (C=O) groups is 2. The molecule has 5 aromatic rings. The van der Waals surface area contributed by atoms with Gasteiger partial charge in [0.1, 0.15) is 0 Å². The molecular formula is C30H20N2O2. The highest BCUT2D eigenvalue weighted by atomic mass is 16.2. The number of amides is 2. The molecule has 5 aromatic carbocycles. The number of nitrogens with one attached hydrogen (secondary N) is 1. The Balaban J connectivity index is 1.47. The molecule has 0 aromatic heterocycles. The molecule has 6 rings (SSSR count). The number of carbonyl (C=O) groups excluding carboxylic acids is 2. The predicted molar refractivity (Wildman–Crippen MR) is 136 cm³/mol. The Morgan fingerprint density at radius 2 is 1.00 bits per heavy atom. The first-order chi connectivity index (χ1) is 16.7. The fourth-order valence-electron chi connectivity index (χ4n) is 4.67. The van der Waals surface area contributed by atoms with Crippen LogP contribution >= 0.6 is 0 Å². The van der Waals surface area contributed by atoms with Gasteiger partial charge in [-0.05, 0) is 65.0 Å². The molecular weight excluding hydrogens is 420 g/mol. The Bertz CT molecular complexity index is 1480. The average Bonchev–Trinajstić information content (AvgIpc) is 2.89. The van der Waals surface area contributed by atoms with Crippen LogP contribution in [-0.2, 0) is 0 Å². The second-order valence-electron chi connectivity index (χ2n) is 8.23. The number of anilines is 3. The standard InChI is InChI=1S/C30H20N2O2/c33-29-26-13-7-12-25-24(18-19-27(28(25)26)30(34)31-29)20-14-16-23(17-15-20)32(21-8-3-1-4-9-21)22-10-5-2-6-11-22/h1-19H,(H,31,33,34). The molecule has 162 valence electrons. The van der Waals surface area contributed by atoms with Gasteiger partial charge >= 0.3 is 0 Å². The minimum atomic E-state index is -0.350. The first-order valence-electron chi connectivity index (χ1n) is 11.1. The Morgan fingerprint density at radius 3 is 1.62 bits per heavy atom. The Labute approximate surface area is 197 Å². The summed E-state index contributed by atoms with van der Waals surface area (Å²) in [5.74, 6) is -0.700. The molecule has 34 heavy (non-hydrogen) atoms. The molecule has 0 aliphatic carbocycles. The van der Waals surface area contributed by atoms with E-state index < -0.39 is 0 Å². The van der Waals surface area contributed by atoms with Crippen molar-refractivity contribution in [3.8, 4) is 11.1 Å². The van der Waals surface area contributed by atoms with Gasteiger partial charge in [-0.2, -0.15) is 0 Å². The van der Waals surface area contributed by atoms with Gasteiger partial charge in [-0.15, -0.1) is 0 Å². The van der Waals surface area contributed by atoms with E-state index in [1.54, 1.807) is 12.1 Å². The molecule has 1 N–H and O–H groups in total. The van der Waals surface area contributed by atoms with E-state index in [1.807, 2.05) is 54.6 Å². The van der Waals surface area contributed by atoms with Crippen LogP contribution in [-0.4, -0.2) is 11.8 Å². The molecule has 0 spiro atoms. The topological polar surface area (TPSA) is 49.4 Å². The molecule has 0 radical (unpaired) electrons. The van der Waals surface area contributed by atoms with Crippen molar-refractivity contribution in [2.45, 2.75) is 0 Å². The second kappa shape index (κ2) is 8.01. The van der Waals surface area contributed by atoms with Gasteiger partial charge in [0.2, 0.25) is 0 Å². The van der Waals surface area contributed by atoms with E-state index in [1.165, 1.54) is 0 Å². The summed E-state index contributed by atoms with van der Waals surface area (Å²) in [7, 11) is 0. The zero-order chi connectivity index (χ0) is 23.1. The van der Waals surface area contributed by atoms with Crippen molar-refractivity contribution >= 4 is 39.6 Å². The largest absolute Gasteiger partial charge is 0.311 e. The van der Waals surface area contributed by atoms with E-state index in [2.05, 4.69) is 58.7 Å². The maximum Gasteiger partial charge on any atom is 0.258 e. The Kier molecular flexibility index (Phi) is 4.70. The first-order valence-corrected chi connectivity index (χ1v) is 11.1. The van der Waals surface area contributed by atoms with Crippen molar-refractivity contribution in [2.24, 2.45) is 0 Å². The maximum atomic E-state index is 12.4. The van der Waals surface area contributed by atoms with Crippen LogP contribution in [0.3, 0.4) is 0 Å². The molecule has 0 bridgehead atoms. The van der Waals surface area contributed by atoms with Crippen LogP contribution in [0.15, 0.2) is 115 Å². The fourth-order valence-corrected chi connectivity index (χ4v) is 4.67. The number of rotatable bonds is 4. The quantitative estimate of drug-likeness (QED) is 0.311. The lowest BCUT2D eigenvalue weighted by molar-refractivity contribution is 0.0845. The molecule has 1 heterocycles. The van der Waals surface area contributed by atoms with Crippen LogP contribution in [0.5, 0.6) is 0 Å². The lowest BCUT2D eigenvalue weighted by atomic mass is 9.90. The molecule has 2 amide bonds. The summed E-state index contributed by atoms with van der Waals surface area (Å²) >= 11 is 0. The fraction of sp³-hybridized carbons (Fsp3) is 0. The molecule has 4 heteroatoms. The number of para-hydroxylation sites is 2. The number of nitrogens with zero attached hydrogens (tertiary/aromatic N) is 1. The Hall–Kier alpha value is -4.70. The van der Waals surface area contributed by atoms with Gasteiger partial charge in [-0.1, -0.05) is 66.7 Å². The third-order valence-electron chi connectivity index (χ3n) is 6.22. The summed E-state index contributed by atoms with van der Waals surface area (Å²) in [6.45, 7) is 0. The predicted octanol–water partition coefficient (Wildman–Crippen LogP) is 6.86. The normalized spacial score (nSPS) is 12.5. The van der Waals surface area contributed by atoms with Gasteiger partial charge in [-0.3, -0.25) is 14.9 Å². The number of hydrogen-bond acceptors (Lipinski definition) is 3. The van der Waals surface area contributed by atoms with Crippen molar-refractivity contribution in [3.05, 3.63) is 126 Å². The van der Waals surface area contributed by atoms with Crippen molar-refractivity contribution in [3.63, 3.8) is 0 Å². The Morgan fingerprint density at radius 1 is 0.471 bits per heavy atom. The highest BCUT2D eigenvalue weighted by Crippen LogP contribution is 2.38. The SMILES string of the molecule is O=C1NC(=O)c2ccc(-c3ccc(N(c4ccccc4)c4ccccc4)cc3)c3cccc1c23. The molecule has 1 aliphatic rings. The minimum Gasteiger partial charge on any atom is -0.311 e. The van der Waals surface area contributed by atoms with Gasteiger partial charge in [0.15, 0.2) is 0 Å². The summed E-state index contributed by atoms with van der Waals surface area (Å²) in [6, 6.07) is 38.3. The van der Waals surface area contributed by atoms with Crippen LogP contribution in [0.1, 0.15) is 20.7 Å². The molecule has 0 atom stereocenters. The highest BCUT2D eigenvalue weighted by molar-refractivity contribution is 6.27. The van der Waals surface area contributed by atoms with Gasteiger partial charge in [-0.25, -0.2) is 0 Å². The van der Waals surface area contributed by atoms with Gasteiger partial charge < -0.3 is 4.90 Å². The van der Waals surface area contributed by atoms with Crippen LogP contribution in [0.4, 0.5) is 17.1 Å². The van der Waals surface area contributed by atoms with E-state index in [4.69, 9.17) is 0 Å². The molecule has 0 fully saturated rings. The molecule has 0 saturated heterocycles. The third-order valence-corrected chi connectivity index (χ3v) is 6.22. The van der Waals surface area contributed by atoms with Crippen molar-refractivity contribution < 1.29 is 9.59 Å². The van der Waals surface area contributed by atoms with Crippen molar-refractivity contribution in [2.75, 3.05) is 4.90 Å². The molecule has 0 saturated carbocycles. The van der Waals surface area contributed by atoms with E-state index in [-0.39, 0.29) is 11.8 Å². The first kappa shape index (κ1) is 19.9. The average molecular weight is 441 g/mol. The van der Waals surface area contributed by atoms with Crippen LogP contribution in [0.25, 0.3) is 21.9 Å². The second-order valence-corrected chi connectivity index (χ2v) is 8.23. The molecule has 1 aliphatic heterocycles. The zero-order valence-corrected chi connectivity index (χ0v) is 18.2. The summed E-state index contributed by atoms with van der Waals surface area (Å²) in [4.78, 5) is 27.0. The maximum absolute atomic E-state index is 12.4. The van der Waals surface area contributed by atoms with E-state index in [0.717, 1.165) is 33.6 Å². The number of benzene rings is 5. The van der Waals surface area contributed by atoms with Gasteiger partial charge in [0, 0.05) is 33.6 Å². The lowest BCUT2D eigenvalue weighted by Gasteiger charge is -2.25. The smallest absolute Gasteiger partial charge is 0.258 e. The summed E-state index contributed by atoms with van der Waals surface area (Å²) < 4.78 is 0. The van der Waals surface area contributed by atoms with E-state index >= 15 is 0 Å². The lowest BCUT2D eigenvalue weighted by Crippen LogP contribution is -2.34. The van der Waals surface area contributed by atoms with E-state index in [9.17, 15) is 9.59 Å². The van der Waals surface area contributed by atoms with E-state index in [0.29, 0.717) is 16.5 Å². The molecule has 4 nitrogen and oxygen atoms in total. The third kappa shape index (κ3) is 3.24. The van der Waals surface area contributed by atoms with Crippen LogP contribution in [0.2, 0.25) is 0 Å². The minimum absolute atomic E-state index is 0.350. The highest BCUT2D eigenvalue weighted by Gasteiger charge is 2.25. The van der Waals surface area contributed by atoms with Crippen molar-refractivity contribution in [1.82, 2.24) is 5.32 Å². The summed E-state index contributed by atoms with van der Waals surface area (Å²) in [6.07, 6.45) is 0. The van der Waals surface area contributed by atoms with Crippen LogP contribution in [0, 0.1) is 0 Å². The monoisotopic (exact) mass is 440 g/mol. The zero-order valence-electron chi connectivity index (χ0n) is 18.2. The number of imide groups is 1.